The SMILES string of the molecule is Cc1cc2c3c(c1)N(c1ccc4c(c1)C1(c5ccccc5-c5ccccc51)c1ccccc1-4)c1cc(C)c4c5c1P3(=S)c1c(cc(C)cc1N5c1cc3c(cc1O4)-c1ccccc1C31c3ccccc3-c3ccccc31)O2. The van der Waals surface area contributed by atoms with Crippen LogP contribution in [0.4, 0.5) is 34.1 Å². The van der Waals surface area contributed by atoms with Crippen LogP contribution in [0.15, 0.2) is 206 Å². The van der Waals surface area contributed by atoms with Gasteiger partial charge in [0.15, 0.2) is 11.5 Å². The number of hydrogen-bond donors (Lipinski definition) is 0. The van der Waals surface area contributed by atoms with Crippen LogP contribution in [-0.2, 0) is 22.6 Å². The Morgan fingerprint density at radius 2 is 0.766 bits per heavy atom. The van der Waals surface area contributed by atoms with Crippen LogP contribution in [0.3, 0.4) is 0 Å². The molecular formula is C71H43N2O2PS. The third kappa shape index (κ3) is 4.50. The van der Waals surface area contributed by atoms with Gasteiger partial charge in [0, 0.05) is 11.0 Å². The minimum atomic E-state index is -2.87. The fraction of sp³-hybridized carbons (Fsp3) is 0.0704. The van der Waals surface area contributed by atoms with Gasteiger partial charge in [-0.05, 0) is 181 Å². The molecule has 77 heavy (non-hydrogen) atoms. The van der Waals surface area contributed by atoms with E-state index in [1.165, 1.54) is 89.0 Å². The second kappa shape index (κ2) is 13.6. The molecule has 11 aromatic carbocycles. The molecule has 2 spiro atoms. The highest BCUT2D eigenvalue weighted by atomic mass is 32.4. The molecular weight excluding hydrogens is 976 g/mol. The molecule has 11 aromatic rings. The van der Waals surface area contributed by atoms with E-state index in [1.54, 1.807) is 0 Å². The Morgan fingerprint density at radius 3 is 1.26 bits per heavy atom. The molecule has 4 aliphatic heterocycles. The van der Waals surface area contributed by atoms with Crippen molar-refractivity contribution in [2.75, 3.05) is 9.80 Å². The maximum absolute atomic E-state index is 7.62. The Kier molecular flexibility index (Phi) is 7.34. The minimum Gasteiger partial charge on any atom is -0.456 e. The summed E-state index contributed by atoms with van der Waals surface area (Å²) in [5, 5.41) is 3.38. The normalized spacial score (nSPS) is 17.5. The van der Waals surface area contributed by atoms with E-state index in [1.807, 2.05) is 0 Å². The second-order valence-corrected chi connectivity index (χ2v) is 26.6. The number of ether oxygens (including phenoxy) is 2. The van der Waals surface area contributed by atoms with Crippen LogP contribution in [0.5, 0.6) is 23.0 Å². The van der Waals surface area contributed by atoms with Gasteiger partial charge in [0.1, 0.15) is 17.2 Å². The lowest BCUT2D eigenvalue weighted by atomic mass is 9.70. The number of fused-ring (bicyclic) bond motifs is 23. The van der Waals surface area contributed by atoms with Crippen molar-refractivity contribution in [3.8, 4) is 67.5 Å². The van der Waals surface area contributed by atoms with E-state index in [0.717, 1.165) is 89.7 Å². The number of hydrogen-bond acceptors (Lipinski definition) is 5. The first-order valence-corrected chi connectivity index (χ1v) is 29.6. The van der Waals surface area contributed by atoms with Gasteiger partial charge >= 0.3 is 0 Å². The highest BCUT2D eigenvalue weighted by Gasteiger charge is 2.57. The average molecular weight is 1020 g/mol. The molecule has 0 bridgehead atoms. The predicted molar refractivity (Wildman–Crippen MR) is 316 cm³/mol. The fourth-order valence-corrected chi connectivity index (χ4v) is 21.2. The first-order valence-electron chi connectivity index (χ1n) is 26.8. The quantitative estimate of drug-likeness (QED) is 0.153. The van der Waals surface area contributed by atoms with Gasteiger partial charge in [0.2, 0.25) is 0 Å². The van der Waals surface area contributed by atoms with Gasteiger partial charge < -0.3 is 19.3 Å². The molecule has 8 aliphatic rings. The van der Waals surface area contributed by atoms with Gasteiger partial charge in [-0.15, -0.1) is 0 Å². The molecule has 0 saturated heterocycles. The van der Waals surface area contributed by atoms with Crippen LogP contribution in [0, 0.1) is 20.8 Å². The molecule has 0 radical (unpaired) electrons. The average Bonchev–Trinajstić information content (AvgIpc) is 4.26. The van der Waals surface area contributed by atoms with Gasteiger partial charge in [-0.25, -0.2) is 0 Å². The van der Waals surface area contributed by atoms with Gasteiger partial charge in [0.05, 0.1) is 50.2 Å². The number of rotatable bonds is 1. The molecule has 4 heterocycles. The van der Waals surface area contributed by atoms with Crippen LogP contribution in [-0.4, -0.2) is 0 Å². The summed E-state index contributed by atoms with van der Waals surface area (Å²) in [6.45, 7) is 6.61. The molecule has 0 amide bonds. The smallest absolute Gasteiger partial charge is 0.155 e. The zero-order valence-corrected chi connectivity index (χ0v) is 43.9. The molecule has 4 aliphatic carbocycles. The van der Waals surface area contributed by atoms with Crippen molar-refractivity contribution < 1.29 is 9.47 Å². The third-order valence-electron chi connectivity index (χ3n) is 18.7. The summed E-state index contributed by atoms with van der Waals surface area (Å²) in [5.41, 5.74) is 29.3. The van der Waals surface area contributed by atoms with Crippen molar-refractivity contribution >= 4 is 67.9 Å². The van der Waals surface area contributed by atoms with Crippen LogP contribution in [0.1, 0.15) is 61.2 Å². The van der Waals surface area contributed by atoms with Gasteiger partial charge in [-0.1, -0.05) is 163 Å². The molecule has 0 saturated carbocycles. The van der Waals surface area contributed by atoms with Crippen LogP contribution < -0.4 is 35.2 Å². The van der Waals surface area contributed by atoms with Crippen molar-refractivity contribution in [3.63, 3.8) is 0 Å². The van der Waals surface area contributed by atoms with E-state index in [0.29, 0.717) is 0 Å². The summed E-state index contributed by atoms with van der Waals surface area (Å²) >= 11 is 7.62. The zero-order chi connectivity index (χ0) is 50.6. The standard InChI is InChI=1S/C71H43N2O2PS/c1-38-30-59-67-63(32-38)74-64-33-39(2)31-60-68(64)76(67,77)69-61(72(59)41-28-29-48-46-20-8-14-26-54(46)70(56(48)35-41)50-22-10-4-16-42(50)43-17-5-11-23-51(43)70)34-40(3)66-65(69)73(60)58-37-57-49(36-62(58)75-66)47-21-9-15-27-55(47)71(57)52-24-12-6-18-44(52)45-19-7-13-25-53(45)71/h4-37H,1-3H3. The van der Waals surface area contributed by atoms with Crippen molar-refractivity contribution in [2.24, 2.45) is 0 Å². The first kappa shape index (κ1) is 41.5. The van der Waals surface area contributed by atoms with Crippen molar-refractivity contribution in [3.05, 3.63) is 267 Å². The van der Waals surface area contributed by atoms with Gasteiger partial charge in [0.25, 0.3) is 0 Å². The molecule has 1 atom stereocenters. The lowest BCUT2D eigenvalue weighted by Gasteiger charge is -2.51. The van der Waals surface area contributed by atoms with E-state index in [2.05, 4.69) is 237 Å². The Balaban J connectivity index is 0.904. The Bertz CT molecular complexity index is 4630. The molecule has 360 valence electrons. The molecule has 1 unspecified atom stereocenters. The molecule has 6 heteroatoms. The maximum atomic E-state index is 7.62. The maximum Gasteiger partial charge on any atom is 0.155 e. The Hall–Kier alpha value is -8.73. The summed E-state index contributed by atoms with van der Waals surface area (Å²) in [4.78, 5) is 5.07. The minimum absolute atomic E-state index is 0.507. The van der Waals surface area contributed by atoms with Crippen LogP contribution >= 0.6 is 6.04 Å². The second-order valence-electron chi connectivity index (χ2n) is 22.4. The van der Waals surface area contributed by atoms with E-state index in [4.69, 9.17) is 21.3 Å². The topological polar surface area (TPSA) is 24.9 Å². The Labute approximate surface area is 451 Å². The van der Waals surface area contributed by atoms with Crippen LogP contribution in [0.25, 0.3) is 44.5 Å². The van der Waals surface area contributed by atoms with E-state index < -0.39 is 16.9 Å². The lowest BCUT2D eigenvalue weighted by molar-refractivity contribution is 0.473. The Morgan fingerprint density at radius 1 is 0.351 bits per heavy atom. The number of nitrogens with zero attached hydrogens (tertiary/aromatic N) is 2. The number of anilines is 6. The van der Waals surface area contributed by atoms with Crippen molar-refractivity contribution in [1.82, 2.24) is 0 Å². The molecule has 4 nitrogen and oxygen atoms in total. The highest BCUT2D eigenvalue weighted by molar-refractivity contribution is 8.26. The summed E-state index contributed by atoms with van der Waals surface area (Å²) in [7, 11) is 0. The zero-order valence-electron chi connectivity index (χ0n) is 42.2. The monoisotopic (exact) mass is 1020 g/mol. The molecule has 0 aromatic heterocycles. The van der Waals surface area contributed by atoms with E-state index in [-0.39, 0.29) is 0 Å². The number of benzene rings is 11. The predicted octanol–water partition coefficient (Wildman–Crippen LogP) is 16.8. The summed E-state index contributed by atoms with van der Waals surface area (Å²) in [6, 6.07) is 75.1. The van der Waals surface area contributed by atoms with Crippen molar-refractivity contribution in [1.29, 1.82) is 0 Å². The summed E-state index contributed by atoms with van der Waals surface area (Å²) < 4.78 is 14.9. The summed E-state index contributed by atoms with van der Waals surface area (Å²) in [5.74, 6) is 3.39. The molecule has 0 fully saturated rings. The highest BCUT2D eigenvalue weighted by Crippen LogP contribution is 2.72. The fourth-order valence-electron chi connectivity index (χ4n) is 16.1. The molecule has 0 N–H and O–H groups in total. The van der Waals surface area contributed by atoms with E-state index in [9.17, 15) is 0 Å². The largest absolute Gasteiger partial charge is 0.456 e. The van der Waals surface area contributed by atoms with Crippen LogP contribution in [0.2, 0.25) is 0 Å². The molecule has 19 rings (SSSR count). The van der Waals surface area contributed by atoms with Gasteiger partial charge in [-0.2, -0.15) is 0 Å². The van der Waals surface area contributed by atoms with Crippen molar-refractivity contribution in [2.45, 2.75) is 31.6 Å². The third-order valence-corrected chi connectivity index (χ3v) is 23.5. The van der Waals surface area contributed by atoms with Gasteiger partial charge in [-0.3, -0.25) is 0 Å². The summed E-state index contributed by atoms with van der Waals surface area (Å²) in [6.07, 6.45) is 0. The lowest BCUT2D eigenvalue weighted by Crippen LogP contribution is -2.46. The van der Waals surface area contributed by atoms with E-state index >= 15 is 0 Å². The number of aryl methyl sites for hydroxylation is 3. The first-order chi connectivity index (χ1) is 37.8.